The van der Waals surface area contributed by atoms with Gasteiger partial charge in [0.2, 0.25) is 15.9 Å². The van der Waals surface area contributed by atoms with E-state index in [-0.39, 0.29) is 17.7 Å². The molecule has 1 amide bonds. The van der Waals surface area contributed by atoms with Crippen LogP contribution in [0.1, 0.15) is 24.0 Å². The Kier molecular flexibility index (Phi) is 4.74. The largest absolute Gasteiger partial charge is 0.355 e. The van der Waals surface area contributed by atoms with Gasteiger partial charge in [-0.2, -0.15) is 0 Å². The molecular formula is C13H19N3O3S. The minimum Gasteiger partial charge on any atom is -0.355 e. The second-order valence-corrected chi connectivity index (χ2v) is 6.69. The number of nitrogens with two attached hydrogens (primary N) is 1. The van der Waals surface area contributed by atoms with Gasteiger partial charge in [-0.25, -0.2) is 13.1 Å². The highest BCUT2D eigenvalue weighted by atomic mass is 32.2. The number of hydrogen-bond acceptors (Lipinski definition) is 4. The Morgan fingerprint density at radius 2 is 2.10 bits per heavy atom. The summed E-state index contributed by atoms with van der Waals surface area (Å²) in [6.45, 7) is 0.733. The van der Waals surface area contributed by atoms with E-state index in [1.165, 1.54) is 0 Å². The van der Waals surface area contributed by atoms with Crippen LogP contribution in [0.2, 0.25) is 0 Å². The molecule has 1 saturated heterocycles. The molecule has 110 valence electrons. The summed E-state index contributed by atoms with van der Waals surface area (Å²) in [4.78, 5) is 11.0. The number of carbonyl (C=O) groups is 1. The van der Waals surface area contributed by atoms with E-state index in [4.69, 9.17) is 5.73 Å². The number of rotatable bonds is 5. The smallest absolute Gasteiger partial charge is 0.220 e. The lowest BCUT2D eigenvalue weighted by molar-refractivity contribution is -0.122. The van der Waals surface area contributed by atoms with E-state index in [1.807, 2.05) is 6.07 Å². The van der Waals surface area contributed by atoms with E-state index in [2.05, 4.69) is 10.0 Å². The molecule has 1 aliphatic heterocycles. The van der Waals surface area contributed by atoms with Crippen molar-refractivity contribution in [2.45, 2.75) is 31.2 Å². The number of benzene rings is 1. The Balaban J connectivity index is 1.98. The minimum absolute atomic E-state index is 0.0314. The molecule has 0 saturated carbocycles. The summed E-state index contributed by atoms with van der Waals surface area (Å²) >= 11 is 0. The first kappa shape index (κ1) is 15.0. The SMILES string of the molecule is NCc1cccc(CS(=O)(=O)NC2CCC(=O)NC2)c1. The van der Waals surface area contributed by atoms with E-state index in [0.717, 1.165) is 5.56 Å². The van der Waals surface area contributed by atoms with Gasteiger partial charge < -0.3 is 11.1 Å². The maximum absolute atomic E-state index is 12.1. The van der Waals surface area contributed by atoms with Crippen molar-refractivity contribution in [1.82, 2.24) is 10.0 Å². The van der Waals surface area contributed by atoms with Gasteiger partial charge >= 0.3 is 0 Å². The van der Waals surface area contributed by atoms with Crippen LogP contribution in [0.5, 0.6) is 0 Å². The van der Waals surface area contributed by atoms with Gasteiger partial charge in [-0.05, 0) is 17.5 Å². The molecule has 1 unspecified atom stereocenters. The third-order valence-corrected chi connectivity index (χ3v) is 4.60. The van der Waals surface area contributed by atoms with Gasteiger partial charge in [-0.3, -0.25) is 4.79 Å². The lowest BCUT2D eigenvalue weighted by Gasteiger charge is -2.23. The van der Waals surface area contributed by atoms with Gasteiger partial charge in [0.25, 0.3) is 0 Å². The lowest BCUT2D eigenvalue weighted by Crippen LogP contribution is -2.47. The zero-order chi connectivity index (χ0) is 14.6. The summed E-state index contributed by atoms with van der Waals surface area (Å²) < 4.78 is 26.8. The van der Waals surface area contributed by atoms with Crippen molar-refractivity contribution in [2.24, 2.45) is 5.73 Å². The number of hydrogen-bond donors (Lipinski definition) is 3. The first-order chi connectivity index (χ1) is 9.48. The van der Waals surface area contributed by atoms with Crippen LogP contribution >= 0.6 is 0 Å². The standard InChI is InChI=1S/C13H19N3O3S/c14-7-10-2-1-3-11(6-10)9-20(18,19)16-12-4-5-13(17)15-8-12/h1-3,6,12,16H,4-5,7-9,14H2,(H,15,17). The van der Waals surface area contributed by atoms with Crippen LogP contribution in [0.15, 0.2) is 24.3 Å². The fraction of sp³-hybridized carbons (Fsp3) is 0.462. The van der Waals surface area contributed by atoms with Crippen molar-refractivity contribution in [3.8, 4) is 0 Å². The molecule has 0 radical (unpaired) electrons. The second-order valence-electron chi connectivity index (χ2n) is 4.94. The number of sulfonamides is 1. The molecule has 0 bridgehead atoms. The molecule has 6 nitrogen and oxygen atoms in total. The zero-order valence-corrected chi connectivity index (χ0v) is 11.9. The van der Waals surface area contributed by atoms with E-state index in [0.29, 0.717) is 31.5 Å². The topological polar surface area (TPSA) is 101 Å². The van der Waals surface area contributed by atoms with Gasteiger partial charge in [0.1, 0.15) is 0 Å². The third kappa shape index (κ3) is 4.29. The molecule has 0 aromatic heterocycles. The maximum Gasteiger partial charge on any atom is 0.220 e. The number of nitrogens with one attached hydrogen (secondary N) is 2. The zero-order valence-electron chi connectivity index (χ0n) is 11.1. The van der Waals surface area contributed by atoms with Gasteiger partial charge in [0.05, 0.1) is 5.75 Å². The van der Waals surface area contributed by atoms with Crippen LogP contribution in [0.4, 0.5) is 0 Å². The van der Waals surface area contributed by atoms with Crippen molar-refractivity contribution < 1.29 is 13.2 Å². The van der Waals surface area contributed by atoms with Crippen LogP contribution in [-0.2, 0) is 27.1 Å². The van der Waals surface area contributed by atoms with Gasteiger partial charge in [0.15, 0.2) is 0 Å². The summed E-state index contributed by atoms with van der Waals surface area (Å²) in [6, 6.07) is 6.99. The highest BCUT2D eigenvalue weighted by molar-refractivity contribution is 7.88. The maximum atomic E-state index is 12.1. The van der Waals surface area contributed by atoms with Gasteiger partial charge in [-0.1, -0.05) is 24.3 Å². The number of carbonyl (C=O) groups excluding carboxylic acids is 1. The lowest BCUT2D eigenvalue weighted by atomic mass is 10.1. The molecule has 0 aliphatic carbocycles. The molecule has 7 heteroatoms. The Morgan fingerprint density at radius 3 is 2.75 bits per heavy atom. The van der Waals surface area contributed by atoms with Crippen molar-refractivity contribution in [1.29, 1.82) is 0 Å². The average molecular weight is 297 g/mol. The van der Waals surface area contributed by atoms with Crippen LogP contribution < -0.4 is 15.8 Å². The Morgan fingerprint density at radius 1 is 1.35 bits per heavy atom. The van der Waals surface area contributed by atoms with Crippen molar-refractivity contribution in [3.05, 3.63) is 35.4 Å². The molecule has 20 heavy (non-hydrogen) atoms. The van der Waals surface area contributed by atoms with E-state index >= 15 is 0 Å². The monoisotopic (exact) mass is 297 g/mol. The van der Waals surface area contributed by atoms with E-state index < -0.39 is 10.0 Å². The normalized spacial score (nSPS) is 19.6. The van der Waals surface area contributed by atoms with E-state index in [1.54, 1.807) is 18.2 Å². The van der Waals surface area contributed by atoms with Crippen LogP contribution in [-0.4, -0.2) is 26.9 Å². The molecule has 1 atom stereocenters. The number of piperidine rings is 1. The molecule has 1 aliphatic rings. The third-order valence-electron chi connectivity index (χ3n) is 3.20. The van der Waals surface area contributed by atoms with Crippen molar-refractivity contribution in [2.75, 3.05) is 6.54 Å². The highest BCUT2D eigenvalue weighted by Crippen LogP contribution is 2.10. The molecule has 2 rings (SSSR count). The molecule has 1 aromatic carbocycles. The predicted molar refractivity (Wildman–Crippen MR) is 76.1 cm³/mol. The first-order valence-electron chi connectivity index (χ1n) is 6.53. The summed E-state index contributed by atoms with van der Waals surface area (Å²) in [5, 5.41) is 2.65. The Bertz CT molecular complexity index is 576. The molecule has 0 spiro atoms. The van der Waals surface area contributed by atoms with Gasteiger partial charge in [0, 0.05) is 25.6 Å². The van der Waals surface area contributed by atoms with Crippen LogP contribution in [0.3, 0.4) is 0 Å². The quantitative estimate of drug-likeness (QED) is 0.703. The Labute approximate surface area is 118 Å². The minimum atomic E-state index is -3.42. The summed E-state index contributed by atoms with van der Waals surface area (Å²) in [5.74, 6) is -0.109. The van der Waals surface area contributed by atoms with Crippen LogP contribution in [0, 0.1) is 0 Å². The van der Waals surface area contributed by atoms with E-state index in [9.17, 15) is 13.2 Å². The summed E-state index contributed by atoms with van der Waals surface area (Å²) in [5.41, 5.74) is 7.15. The fourth-order valence-electron chi connectivity index (χ4n) is 2.19. The fourth-order valence-corrected chi connectivity index (χ4v) is 3.61. The summed E-state index contributed by atoms with van der Waals surface area (Å²) in [7, 11) is -3.42. The first-order valence-corrected chi connectivity index (χ1v) is 8.18. The second kappa shape index (κ2) is 6.34. The molecule has 4 N–H and O–H groups in total. The Hall–Kier alpha value is -1.44. The van der Waals surface area contributed by atoms with Crippen molar-refractivity contribution >= 4 is 15.9 Å². The molecule has 1 aromatic rings. The average Bonchev–Trinajstić information content (AvgIpc) is 2.41. The predicted octanol–water partition coefficient (Wildman–Crippen LogP) is -0.157. The molecular weight excluding hydrogens is 278 g/mol. The van der Waals surface area contributed by atoms with Gasteiger partial charge in [-0.15, -0.1) is 0 Å². The molecule has 1 fully saturated rings. The number of amides is 1. The molecule has 1 heterocycles. The highest BCUT2D eigenvalue weighted by Gasteiger charge is 2.23. The van der Waals surface area contributed by atoms with Crippen LogP contribution in [0.25, 0.3) is 0 Å². The summed E-state index contributed by atoms with van der Waals surface area (Å²) in [6.07, 6.45) is 0.893. The van der Waals surface area contributed by atoms with Crippen molar-refractivity contribution in [3.63, 3.8) is 0 Å².